The highest BCUT2D eigenvalue weighted by atomic mass is 32.1. The van der Waals surface area contributed by atoms with E-state index in [0.717, 1.165) is 5.52 Å². The summed E-state index contributed by atoms with van der Waals surface area (Å²) in [6.07, 6.45) is 3.20. The third-order valence-electron chi connectivity index (χ3n) is 2.81. The molecule has 0 amide bonds. The minimum Gasteiger partial charge on any atom is -0.476 e. The molecule has 3 aromatic heterocycles. The average molecular weight is 301 g/mol. The van der Waals surface area contributed by atoms with Crippen LogP contribution in [0, 0.1) is 0 Å². The van der Waals surface area contributed by atoms with Crippen molar-refractivity contribution in [2.45, 2.75) is 13.0 Å². The van der Waals surface area contributed by atoms with Gasteiger partial charge in [-0.05, 0) is 19.1 Å². The third kappa shape index (κ3) is 2.79. The van der Waals surface area contributed by atoms with E-state index in [1.165, 1.54) is 16.7 Å². The third-order valence-corrected chi connectivity index (χ3v) is 3.83. The Hall–Kier alpha value is -2.61. The van der Waals surface area contributed by atoms with Crippen molar-refractivity contribution in [1.82, 2.24) is 19.9 Å². The molecule has 0 saturated carbocycles. The zero-order valence-corrected chi connectivity index (χ0v) is 11.8. The van der Waals surface area contributed by atoms with E-state index in [2.05, 4.69) is 25.3 Å². The SMILES string of the molecule is CC(Nc1ccc2nccnc2n1)c1nc(C(=O)O)cs1. The Morgan fingerprint density at radius 2 is 2.10 bits per heavy atom. The van der Waals surface area contributed by atoms with Crippen molar-refractivity contribution in [3.05, 3.63) is 40.6 Å². The van der Waals surface area contributed by atoms with Crippen LogP contribution in [0.4, 0.5) is 5.82 Å². The topological polar surface area (TPSA) is 101 Å². The normalized spacial score (nSPS) is 12.2. The highest BCUT2D eigenvalue weighted by Crippen LogP contribution is 2.22. The number of hydrogen-bond acceptors (Lipinski definition) is 7. The van der Waals surface area contributed by atoms with Gasteiger partial charge in [0.2, 0.25) is 0 Å². The maximum Gasteiger partial charge on any atom is 0.355 e. The van der Waals surface area contributed by atoms with Crippen molar-refractivity contribution in [2.24, 2.45) is 0 Å². The minimum absolute atomic E-state index is 0.0565. The fraction of sp³-hybridized carbons (Fsp3) is 0.154. The van der Waals surface area contributed by atoms with Gasteiger partial charge in [-0.15, -0.1) is 11.3 Å². The molecule has 0 aliphatic carbocycles. The van der Waals surface area contributed by atoms with Crippen LogP contribution in [0.15, 0.2) is 29.9 Å². The van der Waals surface area contributed by atoms with Crippen molar-refractivity contribution in [3.63, 3.8) is 0 Å². The zero-order valence-electron chi connectivity index (χ0n) is 11.0. The molecule has 106 valence electrons. The largest absolute Gasteiger partial charge is 0.476 e. The first kappa shape index (κ1) is 13.4. The molecule has 3 heterocycles. The fourth-order valence-corrected chi connectivity index (χ4v) is 2.60. The molecule has 0 bridgehead atoms. The van der Waals surface area contributed by atoms with Gasteiger partial charge in [0.25, 0.3) is 0 Å². The summed E-state index contributed by atoms with van der Waals surface area (Å²) in [5, 5.41) is 14.3. The number of carbonyl (C=O) groups is 1. The molecule has 21 heavy (non-hydrogen) atoms. The summed E-state index contributed by atoms with van der Waals surface area (Å²) in [6, 6.07) is 3.48. The molecule has 1 atom stereocenters. The maximum atomic E-state index is 10.8. The lowest BCUT2D eigenvalue weighted by Gasteiger charge is -2.11. The van der Waals surface area contributed by atoms with Crippen LogP contribution in [0.1, 0.15) is 28.5 Å². The van der Waals surface area contributed by atoms with Gasteiger partial charge in [-0.25, -0.2) is 19.7 Å². The molecule has 2 N–H and O–H groups in total. The van der Waals surface area contributed by atoms with Crippen molar-refractivity contribution in [1.29, 1.82) is 0 Å². The van der Waals surface area contributed by atoms with Gasteiger partial charge in [0.05, 0.1) is 6.04 Å². The number of aromatic nitrogens is 4. The van der Waals surface area contributed by atoms with Gasteiger partial charge in [-0.1, -0.05) is 0 Å². The number of nitrogens with zero attached hydrogens (tertiary/aromatic N) is 4. The van der Waals surface area contributed by atoms with Crippen molar-refractivity contribution >= 4 is 34.3 Å². The quantitative estimate of drug-likeness (QED) is 0.762. The molecule has 0 aliphatic heterocycles. The standard InChI is InChI=1S/C13H11N5O2S/c1-7(12-17-9(6-21-12)13(19)20)16-10-3-2-8-11(18-10)15-5-4-14-8/h2-7H,1H3,(H,19,20)(H,15,16,18). The number of pyridine rings is 1. The first-order valence-electron chi connectivity index (χ1n) is 6.16. The monoisotopic (exact) mass is 301 g/mol. The van der Waals surface area contributed by atoms with E-state index in [9.17, 15) is 4.79 Å². The summed E-state index contributed by atoms with van der Waals surface area (Å²) in [5.41, 5.74) is 1.33. The van der Waals surface area contributed by atoms with E-state index in [1.807, 2.05) is 13.0 Å². The van der Waals surface area contributed by atoms with Gasteiger partial charge in [0.15, 0.2) is 11.3 Å². The van der Waals surface area contributed by atoms with E-state index in [0.29, 0.717) is 16.5 Å². The predicted octanol–water partition coefficient (Wildman–Crippen LogP) is 2.35. The Morgan fingerprint density at radius 1 is 1.29 bits per heavy atom. The van der Waals surface area contributed by atoms with Gasteiger partial charge < -0.3 is 10.4 Å². The Bertz CT molecular complexity index is 804. The van der Waals surface area contributed by atoms with Crippen LogP contribution in [0.2, 0.25) is 0 Å². The molecular weight excluding hydrogens is 290 g/mol. The second-order valence-electron chi connectivity index (χ2n) is 4.34. The van der Waals surface area contributed by atoms with Crippen LogP contribution in [-0.2, 0) is 0 Å². The lowest BCUT2D eigenvalue weighted by molar-refractivity contribution is 0.0691. The summed E-state index contributed by atoms with van der Waals surface area (Å²) in [7, 11) is 0. The van der Waals surface area contributed by atoms with Gasteiger partial charge >= 0.3 is 5.97 Å². The summed E-state index contributed by atoms with van der Waals surface area (Å²) in [6.45, 7) is 1.90. The number of thiazole rings is 1. The number of anilines is 1. The highest BCUT2D eigenvalue weighted by molar-refractivity contribution is 7.09. The first-order chi connectivity index (χ1) is 10.1. The Kier molecular flexibility index (Phi) is 3.44. The van der Waals surface area contributed by atoms with E-state index in [4.69, 9.17) is 5.11 Å². The van der Waals surface area contributed by atoms with E-state index in [-0.39, 0.29) is 11.7 Å². The van der Waals surface area contributed by atoms with Gasteiger partial charge in [-0.2, -0.15) is 0 Å². The van der Waals surface area contributed by atoms with Crippen LogP contribution in [0.3, 0.4) is 0 Å². The van der Waals surface area contributed by atoms with Crippen LogP contribution in [-0.4, -0.2) is 31.0 Å². The number of carboxylic acid groups (broad SMARTS) is 1. The maximum absolute atomic E-state index is 10.8. The molecule has 7 nitrogen and oxygen atoms in total. The molecule has 0 aromatic carbocycles. The van der Waals surface area contributed by atoms with Crippen molar-refractivity contribution < 1.29 is 9.90 Å². The van der Waals surface area contributed by atoms with Gasteiger partial charge in [0, 0.05) is 17.8 Å². The molecule has 0 spiro atoms. The van der Waals surface area contributed by atoms with E-state index >= 15 is 0 Å². The first-order valence-corrected chi connectivity index (χ1v) is 7.04. The zero-order chi connectivity index (χ0) is 14.8. The van der Waals surface area contributed by atoms with E-state index < -0.39 is 5.97 Å². The second-order valence-corrected chi connectivity index (χ2v) is 5.23. The van der Waals surface area contributed by atoms with Crippen LogP contribution >= 0.6 is 11.3 Å². The van der Waals surface area contributed by atoms with E-state index in [1.54, 1.807) is 18.5 Å². The number of fused-ring (bicyclic) bond motifs is 1. The number of hydrogen-bond donors (Lipinski definition) is 2. The number of rotatable bonds is 4. The molecule has 3 aromatic rings. The summed E-state index contributed by atoms with van der Waals surface area (Å²) < 4.78 is 0. The van der Waals surface area contributed by atoms with Gasteiger partial charge in [-0.3, -0.25) is 4.98 Å². The van der Waals surface area contributed by atoms with Gasteiger partial charge in [0.1, 0.15) is 16.3 Å². The van der Waals surface area contributed by atoms with Crippen molar-refractivity contribution in [3.8, 4) is 0 Å². The van der Waals surface area contributed by atoms with Crippen LogP contribution in [0.5, 0.6) is 0 Å². The van der Waals surface area contributed by atoms with Crippen molar-refractivity contribution in [2.75, 3.05) is 5.32 Å². The molecule has 0 radical (unpaired) electrons. The number of aromatic carboxylic acids is 1. The second kappa shape index (κ2) is 5.41. The highest BCUT2D eigenvalue weighted by Gasteiger charge is 2.14. The molecule has 0 fully saturated rings. The Labute approximate surface area is 123 Å². The fourth-order valence-electron chi connectivity index (χ4n) is 1.80. The summed E-state index contributed by atoms with van der Waals surface area (Å²) in [4.78, 5) is 27.6. The molecular formula is C13H11N5O2S. The summed E-state index contributed by atoms with van der Waals surface area (Å²) in [5.74, 6) is -0.383. The number of nitrogens with one attached hydrogen (secondary N) is 1. The molecule has 3 rings (SSSR count). The molecule has 0 aliphatic rings. The molecule has 0 saturated heterocycles. The number of carboxylic acids is 1. The smallest absolute Gasteiger partial charge is 0.355 e. The average Bonchev–Trinajstić information content (AvgIpc) is 2.97. The minimum atomic E-state index is -1.02. The Morgan fingerprint density at radius 3 is 2.86 bits per heavy atom. The molecule has 1 unspecified atom stereocenters. The Balaban J connectivity index is 1.81. The lowest BCUT2D eigenvalue weighted by atomic mass is 10.3. The van der Waals surface area contributed by atoms with Crippen LogP contribution < -0.4 is 5.32 Å². The lowest BCUT2D eigenvalue weighted by Crippen LogP contribution is -2.08. The molecule has 8 heteroatoms. The predicted molar refractivity (Wildman–Crippen MR) is 78.4 cm³/mol. The van der Waals surface area contributed by atoms with Crippen LogP contribution in [0.25, 0.3) is 11.2 Å². The summed E-state index contributed by atoms with van der Waals surface area (Å²) >= 11 is 1.30.